The maximum Gasteiger partial charge on any atom is 0.368 e. The molecule has 0 unspecified atom stereocenters. The summed E-state index contributed by atoms with van der Waals surface area (Å²) in [5.41, 5.74) is 0. The Morgan fingerprint density at radius 3 is 2.50 bits per heavy atom. The number of hydrogen-bond donors (Lipinski definition) is 0. The van der Waals surface area contributed by atoms with Crippen molar-refractivity contribution >= 4 is 10.2 Å². The predicted molar refractivity (Wildman–Crippen MR) is 55.1 cm³/mol. The summed E-state index contributed by atoms with van der Waals surface area (Å²) in [7, 11) is -4.77. The van der Waals surface area contributed by atoms with E-state index < -0.39 is 15.4 Å². The average Bonchev–Trinajstić information content (AvgIpc) is 2.54. The minimum absolute atomic E-state index is 0.220. The number of aromatic nitrogens is 3. The van der Waals surface area contributed by atoms with E-state index in [0.717, 1.165) is 12.8 Å². The second-order valence-electron chi connectivity index (χ2n) is 4.30. The van der Waals surface area contributed by atoms with Gasteiger partial charge in [-0.3, -0.25) is 4.57 Å². The standard InChI is InChI=1S/C9H14FN3O2S/c1-3-13-8(7-4-6(2)5-7)11-12-9(13)16(10,14)15/h6-7H,3-5H2,1-2H3. The molecular weight excluding hydrogens is 233 g/mol. The first-order valence-electron chi connectivity index (χ1n) is 5.31. The SMILES string of the molecule is CCn1c(C2CC(C)C2)nnc1S(=O)(=O)F. The van der Waals surface area contributed by atoms with Gasteiger partial charge in [-0.2, -0.15) is 8.42 Å². The molecule has 0 saturated heterocycles. The zero-order valence-electron chi connectivity index (χ0n) is 9.22. The molecule has 1 fully saturated rings. The Hall–Kier alpha value is -0.980. The van der Waals surface area contributed by atoms with Crippen LogP contribution in [0.25, 0.3) is 0 Å². The van der Waals surface area contributed by atoms with Crippen molar-refractivity contribution in [3.8, 4) is 0 Å². The van der Waals surface area contributed by atoms with Crippen LogP contribution in [0.1, 0.15) is 38.4 Å². The van der Waals surface area contributed by atoms with Gasteiger partial charge in [-0.15, -0.1) is 10.2 Å². The molecule has 90 valence electrons. The minimum atomic E-state index is -4.77. The fourth-order valence-corrected chi connectivity index (χ4v) is 2.82. The van der Waals surface area contributed by atoms with Gasteiger partial charge in [0.05, 0.1) is 0 Å². The molecule has 1 aromatic heterocycles. The van der Waals surface area contributed by atoms with Gasteiger partial charge in [0.25, 0.3) is 5.16 Å². The molecule has 0 spiro atoms. The van der Waals surface area contributed by atoms with E-state index in [2.05, 4.69) is 17.1 Å². The Bertz CT molecular complexity index is 491. The van der Waals surface area contributed by atoms with Gasteiger partial charge in [-0.25, -0.2) is 0 Å². The lowest BCUT2D eigenvalue weighted by atomic mass is 9.76. The number of halogens is 1. The van der Waals surface area contributed by atoms with Crippen LogP contribution in [0.4, 0.5) is 3.89 Å². The summed E-state index contributed by atoms with van der Waals surface area (Å²) in [6.07, 6.45) is 1.93. The van der Waals surface area contributed by atoms with Crippen LogP contribution in [0.15, 0.2) is 5.16 Å². The van der Waals surface area contributed by atoms with Crippen LogP contribution in [0.5, 0.6) is 0 Å². The van der Waals surface area contributed by atoms with Crippen LogP contribution in [0.3, 0.4) is 0 Å². The minimum Gasteiger partial charge on any atom is -0.300 e. The molecule has 2 rings (SSSR count). The van der Waals surface area contributed by atoms with Crippen LogP contribution in [-0.4, -0.2) is 23.2 Å². The third-order valence-corrected chi connectivity index (χ3v) is 3.76. The summed E-state index contributed by atoms with van der Waals surface area (Å²) in [6.45, 7) is 4.24. The second kappa shape index (κ2) is 3.80. The first-order valence-corrected chi connectivity index (χ1v) is 6.69. The largest absolute Gasteiger partial charge is 0.368 e. The van der Waals surface area contributed by atoms with Gasteiger partial charge in [0.1, 0.15) is 5.82 Å². The Morgan fingerprint density at radius 2 is 2.06 bits per heavy atom. The van der Waals surface area contributed by atoms with Crippen LogP contribution in [0, 0.1) is 5.92 Å². The van der Waals surface area contributed by atoms with E-state index in [4.69, 9.17) is 0 Å². The van der Waals surface area contributed by atoms with Gasteiger partial charge in [0.2, 0.25) is 0 Å². The molecule has 0 N–H and O–H groups in total. The van der Waals surface area contributed by atoms with Gasteiger partial charge >= 0.3 is 10.2 Å². The van der Waals surface area contributed by atoms with E-state index in [1.54, 1.807) is 6.92 Å². The summed E-state index contributed by atoms with van der Waals surface area (Å²) in [4.78, 5) is 0. The third-order valence-electron chi connectivity index (χ3n) is 3.02. The lowest BCUT2D eigenvalue weighted by molar-refractivity contribution is 0.270. The number of nitrogens with zero attached hydrogens (tertiary/aromatic N) is 3. The monoisotopic (exact) mass is 247 g/mol. The first kappa shape index (κ1) is 11.5. The zero-order valence-corrected chi connectivity index (χ0v) is 10.0. The molecule has 1 aliphatic rings. The van der Waals surface area contributed by atoms with E-state index in [-0.39, 0.29) is 5.92 Å². The number of hydrogen-bond acceptors (Lipinski definition) is 4. The highest BCUT2D eigenvalue weighted by Gasteiger charge is 2.33. The van der Waals surface area contributed by atoms with Gasteiger partial charge in [-0.1, -0.05) is 10.8 Å². The molecule has 16 heavy (non-hydrogen) atoms. The van der Waals surface area contributed by atoms with Gasteiger partial charge < -0.3 is 0 Å². The zero-order chi connectivity index (χ0) is 11.9. The fourth-order valence-electron chi connectivity index (χ4n) is 2.19. The lowest BCUT2D eigenvalue weighted by Gasteiger charge is -2.31. The molecule has 0 aromatic carbocycles. The highest BCUT2D eigenvalue weighted by atomic mass is 32.3. The third kappa shape index (κ3) is 1.83. The van der Waals surface area contributed by atoms with Crippen molar-refractivity contribution in [3.63, 3.8) is 0 Å². The van der Waals surface area contributed by atoms with Gasteiger partial charge in [0, 0.05) is 12.5 Å². The molecule has 1 heterocycles. The Kier molecular flexibility index (Phi) is 2.73. The van der Waals surface area contributed by atoms with Crippen LogP contribution in [-0.2, 0) is 16.8 Å². The van der Waals surface area contributed by atoms with E-state index in [9.17, 15) is 12.3 Å². The second-order valence-corrected chi connectivity index (χ2v) is 5.54. The van der Waals surface area contributed by atoms with Crippen LogP contribution in [0.2, 0.25) is 0 Å². The van der Waals surface area contributed by atoms with Crippen molar-refractivity contribution in [2.75, 3.05) is 0 Å². The first-order chi connectivity index (χ1) is 7.43. The molecule has 1 aromatic rings. The highest BCUT2D eigenvalue weighted by Crippen LogP contribution is 2.40. The average molecular weight is 247 g/mol. The molecule has 5 nitrogen and oxygen atoms in total. The molecule has 1 aliphatic carbocycles. The summed E-state index contributed by atoms with van der Waals surface area (Å²) in [5, 5.41) is 6.67. The summed E-state index contributed by atoms with van der Waals surface area (Å²) in [6, 6.07) is 0. The van der Waals surface area contributed by atoms with Crippen molar-refractivity contribution < 1.29 is 12.3 Å². The Balaban J connectivity index is 2.38. The predicted octanol–water partition coefficient (Wildman–Crippen LogP) is 1.47. The maximum atomic E-state index is 12.9. The summed E-state index contributed by atoms with van der Waals surface area (Å²) in [5.74, 6) is 1.44. The van der Waals surface area contributed by atoms with Crippen molar-refractivity contribution in [1.82, 2.24) is 14.8 Å². The molecule has 0 amide bonds. The van der Waals surface area contributed by atoms with E-state index >= 15 is 0 Å². The molecular formula is C9H14FN3O2S. The van der Waals surface area contributed by atoms with Crippen molar-refractivity contribution in [2.24, 2.45) is 5.92 Å². The van der Waals surface area contributed by atoms with E-state index in [0.29, 0.717) is 18.3 Å². The normalized spacial score (nSPS) is 25.4. The molecule has 0 aliphatic heterocycles. The molecule has 0 radical (unpaired) electrons. The van der Waals surface area contributed by atoms with Gasteiger partial charge in [-0.05, 0) is 25.7 Å². The fraction of sp³-hybridized carbons (Fsp3) is 0.778. The molecule has 0 atom stereocenters. The summed E-state index contributed by atoms with van der Waals surface area (Å²) < 4.78 is 35.9. The van der Waals surface area contributed by atoms with Crippen LogP contribution >= 0.6 is 0 Å². The smallest absolute Gasteiger partial charge is 0.300 e. The van der Waals surface area contributed by atoms with Crippen molar-refractivity contribution in [2.45, 2.75) is 44.3 Å². The number of rotatable bonds is 3. The van der Waals surface area contributed by atoms with E-state index in [1.807, 2.05) is 0 Å². The Labute approximate surface area is 93.9 Å². The Morgan fingerprint density at radius 1 is 1.44 bits per heavy atom. The quantitative estimate of drug-likeness (QED) is 0.759. The summed E-state index contributed by atoms with van der Waals surface area (Å²) >= 11 is 0. The van der Waals surface area contributed by atoms with Crippen LogP contribution < -0.4 is 0 Å². The van der Waals surface area contributed by atoms with Crippen molar-refractivity contribution in [1.29, 1.82) is 0 Å². The van der Waals surface area contributed by atoms with Crippen molar-refractivity contribution in [3.05, 3.63) is 5.82 Å². The maximum absolute atomic E-state index is 12.9. The van der Waals surface area contributed by atoms with E-state index in [1.165, 1.54) is 4.57 Å². The molecule has 7 heteroatoms. The van der Waals surface area contributed by atoms with Gasteiger partial charge in [0.15, 0.2) is 0 Å². The lowest BCUT2D eigenvalue weighted by Crippen LogP contribution is -2.23. The topological polar surface area (TPSA) is 64.8 Å². The molecule has 1 saturated carbocycles. The molecule has 0 bridgehead atoms. The highest BCUT2D eigenvalue weighted by molar-refractivity contribution is 7.86.